The van der Waals surface area contributed by atoms with Gasteiger partial charge < -0.3 is 10.2 Å². The highest BCUT2D eigenvalue weighted by Crippen LogP contribution is 2.26. The van der Waals surface area contributed by atoms with Crippen LogP contribution in [0.2, 0.25) is 5.02 Å². The fourth-order valence-electron chi connectivity index (χ4n) is 4.11. The molecule has 2 amide bonds. The van der Waals surface area contributed by atoms with Gasteiger partial charge in [0, 0.05) is 24.5 Å². The zero-order chi connectivity index (χ0) is 29.4. The number of aryl methyl sites for hydroxylation is 1. The van der Waals surface area contributed by atoms with Gasteiger partial charge in [0.05, 0.1) is 11.9 Å². The first-order valence-corrected chi connectivity index (χ1v) is 15.2. The van der Waals surface area contributed by atoms with E-state index in [1.807, 2.05) is 44.2 Å². The van der Waals surface area contributed by atoms with Crippen LogP contribution in [-0.2, 0) is 32.6 Å². The third kappa shape index (κ3) is 8.79. The summed E-state index contributed by atoms with van der Waals surface area (Å²) in [4.78, 5) is 28.9. The highest BCUT2D eigenvalue weighted by atomic mass is 35.5. The topological polar surface area (TPSA) is 86.8 Å². The van der Waals surface area contributed by atoms with Gasteiger partial charge in [-0.3, -0.25) is 13.9 Å². The minimum atomic E-state index is -3.90. The van der Waals surface area contributed by atoms with Gasteiger partial charge in [-0.15, -0.1) is 0 Å². The Morgan fingerprint density at radius 3 is 2.20 bits per heavy atom. The second-order valence-electron chi connectivity index (χ2n) is 10.2. The lowest BCUT2D eigenvalue weighted by Gasteiger charge is -2.33. The van der Waals surface area contributed by atoms with E-state index in [0.29, 0.717) is 17.1 Å². The van der Waals surface area contributed by atoms with Crippen LogP contribution in [-0.4, -0.2) is 50.5 Å². The molecule has 214 valence electrons. The number of carbonyl (C=O) groups is 2. The highest BCUT2D eigenvalue weighted by Gasteiger charge is 2.33. The molecule has 0 unspecified atom stereocenters. The molecule has 7 nitrogen and oxygen atoms in total. The molecule has 0 spiro atoms. The summed E-state index contributed by atoms with van der Waals surface area (Å²) in [6, 6.07) is 18.7. The van der Waals surface area contributed by atoms with Crippen molar-refractivity contribution in [3.05, 3.63) is 100 Å². The quantitative estimate of drug-likeness (QED) is 0.324. The number of nitrogens with one attached hydrogen (secondary N) is 1. The predicted molar refractivity (Wildman–Crippen MR) is 157 cm³/mol. The average molecular weight is 588 g/mol. The molecule has 1 atom stereocenters. The summed E-state index contributed by atoms with van der Waals surface area (Å²) in [5.74, 6) is -1.21. The molecule has 0 saturated heterocycles. The standard InChI is InChI=1S/C30H35ClFN3O4S/c1-21(2)18-33-30(37)28(16-23-8-6-5-7-9-23)34(19-24-11-13-25(32)14-12-24)29(36)20-35(40(4,38)39)26-15-10-22(3)27(31)17-26/h5-15,17,21,28H,16,18-20H2,1-4H3,(H,33,37)/t28-/m0/s1. The zero-order valence-electron chi connectivity index (χ0n) is 23.1. The molecule has 0 saturated carbocycles. The summed E-state index contributed by atoms with van der Waals surface area (Å²) in [7, 11) is -3.90. The first-order valence-electron chi connectivity index (χ1n) is 12.9. The summed E-state index contributed by atoms with van der Waals surface area (Å²) in [6.07, 6.45) is 1.21. The van der Waals surface area contributed by atoms with E-state index in [0.717, 1.165) is 21.7 Å². The van der Waals surface area contributed by atoms with Gasteiger partial charge in [-0.25, -0.2) is 12.8 Å². The van der Waals surface area contributed by atoms with Crippen molar-refractivity contribution in [2.75, 3.05) is 23.7 Å². The number of nitrogens with zero attached hydrogens (tertiary/aromatic N) is 2. The van der Waals surface area contributed by atoms with Crippen LogP contribution in [0.25, 0.3) is 0 Å². The lowest BCUT2D eigenvalue weighted by atomic mass is 10.0. The molecule has 0 radical (unpaired) electrons. The van der Waals surface area contributed by atoms with E-state index in [1.165, 1.54) is 35.2 Å². The third-order valence-corrected chi connectivity index (χ3v) is 7.89. The third-order valence-electron chi connectivity index (χ3n) is 6.34. The maximum Gasteiger partial charge on any atom is 0.244 e. The number of rotatable bonds is 12. The van der Waals surface area contributed by atoms with E-state index < -0.39 is 34.3 Å². The molecule has 0 aromatic heterocycles. The van der Waals surface area contributed by atoms with Gasteiger partial charge >= 0.3 is 0 Å². The smallest absolute Gasteiger partial charge is 0.244 e. The fraction of sp³-hybridized carbons (Fsp3) is 0.333. The van der Waals surface area contributed by atoms with E-state index in [-0.39, 0.29) is 30.5 Å². The Morgan fingerprint density at radius 1 is 0.975 bits per heavy atom. The monoisotopic (exact) mass is 587 g/mol. The Morgan fingerprint density at radius 2 is 1.62 bits per heavy atom. The minimum absolute atomic E-state index is 0.0298. The molecule has 3 aromatic rings. The Balaban J connectivity index is 2.05. The summed E-state index contributed by atoms with van der Waals surface area (Å²) in [5.41, 5.74) is 2.41. The van der Waals surface area contributed by atoms with E-state index in [4.69, 9.17) is 11.6 Å². The zero-order valence-corrected chi connectivity index (χ0v) is 24.7. The van der Waals surface area contributed by atoms with Crippen LogP contribution >= 0.6 is 11.6 Å². The predicted octanol–water partition coefficient (Wildman–Crippen LogP) is 4.97. The van der Waals surface area contributed by atoms with E-state index in [1.54, 1.807) is 19.1 Å². The fourth-order valence-corrected chi connectivity index (χ4v) is 5.13. The number of amides is 2. The maximum atomic E-state index is 14.0. The Kier molecular flexibility index (Phi) is 10.7. The largest absolute Gasteiger partial charge is 0.354 e. The first kappa shape index (κ1) is 31.1. The molecule has 0 aliphatic rings. The molecular weight excluding hydrogens is 553 g/mol. The van der Waals surface area contributed by atoms with Crippen molar-refractivity contribution >= 4 is 39.1 Å². The second-order valence-corrected chi connectivity index (χ2v) is 12.5. The van der Waals surface area contributed by atoms with Gasteiger partial charge in [0.25, 0.3) is 0 Å². The molecule has 1 N–H and O–H groups in total. The van der Waals surface area contributed by atoms with Crippen LogP contribution in [0.5, 0.6) is 0 Å². The molecule has 40 heavy (non-hydrogen) atoms. The molecule has 0 heterocycles. The van der Waals surface area contributed by atoms with Crippen LogP contribution in [0.3, 0.4) is 0 Å². The number of halogens is 2. The molecule has 3 rings (SSSR count). The first-order chi connectivity index (χ1) is 18.8. The molecular formula is C30H35ClFN3O4S. The van der Waals surface area contributed by atoms with Gasteiger partial charge in [-0.05, 0) is 53.8 Å². The number of hydrogen-bond acceptors (Lipinski definition) is 4. The maximum absolute atomic E-state index is 14.0. The lowest BCUT2D eigenvalue weighted by molar-refractivity contribution is -0.140. The van der Waals surface area contributed by atoms with E-state index in [9.17, 15) is 22.4 Å². The van der Waals surface area contributed by atoms with Crippen molar-refractivity contribution in [1.82, 2.24) is 10.2 Å². The number of sulfonamides is 1. The van der Waals surface area contributed by atoms with Gasteiger partial charge in [0.2, 0.25) is 21.8 Å². The number of anilines is 1. The average Bonchev–Trinajstić information content (AvgIpc) is 2.90. The molecule has 0 aliphatic carbocycles. The number of benzene rings is 3. The van der Waals surface area contributed by atoms with Gasteiger partial charge in [-0.2, -0.15) is 0 Å². The van der Waals surface area contributed by atoms with Crippen molar-refractivity contribution in [3.63, 3.8) is 0 Å². The number of carbonyl (C=O) groups excluding carboxylic acids is 2. The van der Waals surface area contributed by atoms with Crippen molar-refractivity contribution < 1.29 is 22.4 Å². The summed E-state index contributed by atoms with van der Waals surface area (Å²) in [5, 5.41) is 3.28. The van der Waals surface area contributed by atoms with Gasteiger partial charge in [-0.1, -0.05) is 74.0 Å². The van der Waals surface area contributed by atoms with Crippen LogP contribution in [0, 0.1) is 18.7 Å². The van der Waals surface area contributed by atoms with Crippen molar-refractivity contribution in [1.29, 1.82) is 0 Å². The minimum Gasteiger partial charge on any atom is -0.354 e. The van der Waals surface area contributed by atoms with Crippen LogP contribution in [0.4, 0.5) is 10.1 Å². The molecule has 0 bridgehead atoms. The van der Waals surface area contributed by atoms with Crippen LogP contribution in [0.15, 0.2) is 72.8 Å². The molecule has 3 aromatic carbocycles. The van der Waals surface area contributed by atoms with Crippen molar-refractivity contribution in [2.45, 2.75) is 39.8 Å². The summed E-state index contributed by atoms with van der Waals surface area (Å²) < 4.78 is 40.3. The van der Waals surface area contributed by atoms with Gasteiger partial charge in [0.1, 0.15) is 18.4 Å². The Hall–Kier alpha value is -3.43. The second kappa shape index (κ2) is 13.8. The van der Waals surface area contributed by atoms with E-state index in [2.05, 4.69) is 5.32 Å². The molecule has 10 heteroatoms. The lowest BCUT2D eigenvalue weighted by Crippen LogP contribution is -2.53. The summed E-state index contributed by atoms with van der Waals surface area (Å²) in [6.45, 7) is 5.53. The van der Waals surface area contributed by atoms with Crippen LogP contribution < -0.4 is 9.62 Å². The van der Waals surface area contributed by atoms with Crippen molar-refractivity contribution in [3.8, 4) is 0 Å². The number of hydrogen-bond donors (Lipinski definition) is 1. The van der Waals surface area contributed by atoms with Crippen LogP contribution in [0.1, 0.15) is 30.5 Å². The van der Waals surface area contributed by atoms with E-state index >= 15 is 0 Å². The summed E-state index contributed by atoms with van der Waals surface area (Å²) >= 11 is 6.27. The van der Waals surface area contributed by atoms with Gasteiger partial charge in [0.15, 0.2) is 0 Å². The highest BCUT2D eigenvalue weighted by molar-refractivity contribution is 7.92. The Labute approximate surface area is 241 Å². The SMILES string of the molecule is Cc1ccc(N(CC(=O)N(Cc2ccc(F)cc2)[C@@H](Cc2ccccc2)C(=O)NCC(C)C)S(C)(=O)=O)cc1Cl. The van der Waals surface area contributed by atoms with Crippen molar-refractivity contribution in [2.24, 2.45) is 5.92 Å². The molecule has 0 fully saturated rings. The molecule has 0 aliphatic heterocycles. The normalized spacial score (nSPS) is 12.2. The Bertz CT molecular complexity index is 1420.